The van der Waals surface area contributed by atoms with Crippen molar-refractivity contribution >= 4 is 22.7 Å². The predicted octanol–water partition coefficient (Wildman–Crippen LogP) is 2.10. The van der Waals surface area contributed by atoms with E-state index in [0.29, 0.717) is 6.54 Å². The van der Waals surface area contributed by atoms with Gasteiger partial charge in [0.1, 0.15) is 0 Å². The molecule has 2 N–H and O–H groups in total. The summed E-state index contributed by atoms with van der Waals surface area (Å²) in [5.41, 5.74) is 2.04. The molecule has 0 saturated carbocycles. The van der Waals surface area contributed by atoms with Gasteiger partial charge in [0, 0.05) is 19.3 Å². The molecule has 0 aliphatic heterocycles. The summed E-state index contributed by atoms with van der Waals surface area (Å²) in [4.78, 5) is 15.3. The summed E-state index contributed by atoms with van der Waals surface area (Å²) in [6.07, 6.45) is 1.76. The molecule has 0 spiro atoms. The first-order chi connectivity index (χ1) is 8.40. The minimum absolute atomic E-state index is 0.376. The fourth-order valence-corrected chi connectivity index (χ4v) is 1.64. The van der Waals surface area contributed by atoms with Crippen molar-refractivity contribution in [3.05, 3.63) is 24.5 Å². The van der Waals surface area contributed by atoms with Crippen LogP contribution in [0.1, 0.15) is 13.8 Å². The molecule has 0 radical (unpaired) electrons. The Balaban J connectivity index is 2.15. The van der Waals surface area contributed by atoms with Crippen molar-refractivity contribution in [1.29, 1.82) is 0 Å². The van der Waals surface area contributed by atoms with E-state index in [1.807, 2.05) is 29.8 Å². The third-order valence-corrected chi connectivity index (χ3v) is 3.04. The Morgan fingerprint density at radius 2 is 2.22 bits per heavy atom. The van der Waals surface area contributed by atoms with Crippen LogP contribution in [0.4, 0.5) is 5.69 Å². The second kappa shape index (κ2) is 4.33. The Morgan fingerprint density at radius 3 is 2.89 bits per heavy atom. The zero-order valence-electron chi connectivity index (χ0n) is 10.8. The van der Waals surface area contributed by atoms with Crippen LogP contribution in [-0.4, -0.2) is 27.2 Å². The molecular weight excluding hydrogens is 230 g/mol. The summed E-state index contributed by atoms with van der Waals surface area (Å²) < 4.78 is 1.94. The molecule has 2 rings (SSSR count). The molecule has 5 heteroatoms. The highest BCUT2D eigenvalue weighted by atomic mass is 16.4. The summed E-state index contributed by atoms with van der Waals surface area (Å²) >= 11 is 0. The van der Waals surface area contributed by atoms with Gasteiger partial charge in [-0.1, -0.05) is 0 Å². The van der Waals surface area contributed by atoms with Crippen LogP contribution in [0.15, 0.2) is 24.5 Å². The number of nitrogens with zero attached hydrogens (tertiary/aromatic N) is 2. The van der Waals surface area contributed by atoms with Crippen LogP contribution in [0.2, 0.25) is 0 Å². The fraction of sp³-hybridized carbons (Fsp3) is 0.385. The van der Waals surface area contributed by atoms with Crippen LogP contribution in [0.3, 0.4) is 0 Å². The predicted molar refractivity (Wildman–Crippen MR) is 70.6 cm³/mol. The Morgan fingerprint density at radius 1 is 1.50 bits per heavy atom. The molecule has 0 unspecified atom stereocenters. The molecule has 1 aromatic heterocycles. The number of aromatic nitrogens is 2. The minimum atomic E-state index is -0.811. The lowest BCUT2D eigenvalue weighted by Gasteiger charge is -2.20. The zero-order chi connectivity index (χ0) is 13.3. The highest BCUT2D eigenvalue weighted by molar-refractivity contribution is 5.80. The number of hydrogen-bond acceptors (Lipinski definition) is 3. The highest BCUT2D eigenvalue weighted by Crippen LogP contribution is 2.20. The van der Waals surface area contributed by atoms with E-state index < -0.39 is 11.4 Å². The summed E-state index contributed by atoms with van der Waals surface area (Å²) in [7, 11) is 1.94. The SMILES string of the molecule is Cn1cnc2cc(NCC(C)(C)C(=O)O)ccc21. The molecule has 0 saturated heterocycles. The van der Waals surface area contributed by atoms with E-state index in [1.54, 1.807) is 20.2 Å². The molecule has 1 aromatic carbocycles. The molecule has 0 amide bonds. The third kappa shape index (κ3) is 2.30. The normalized spacial score (nSPS) is 11.7. The van der Waals surface area contributed by atoms with Crippen molar-refractivity contribution < 1.29 is 9.90 Å². The van der Waals surface area contributed by atoms with Gasteiger partial charge in [0.25, 0.3) is 0 Å². The number of nitrogens with one attached hydrogen (secondary N) is 1. The van der Waals surface area contributed by atoms with Crippen molar-refractivity contribution in [2.45, 2.75) is 13.8 Å². The first-order valence-electron chi connectivity index (χ1n) is 5.78. The maximum atomic E-state index is 11.0. The molecule has 18 heavy (non-hydrogen) atoms. The van der Waals surface area contributed by atoms with Crippen LogP contribution in [0.25, 0.3) is 11.0 Å². The van der Waals surface area contributed by atoms with Crippen LogP contribution < -0.4 is 5.32 Å². The number of aryl methyl sites for hydroxylation is 1. The standard InChI is InChI=1S/C13H17N3O2/c1-13(2,12(17)18)7-14-9-4-5-11-10(6-9)15-8-16(11)3/h4-6,8,14H,7H2,1-3H3,(H,17,18). The Hall–Kier alpha value is -2.04. The highest BCUT2D eigenvalue weighted by Gasteiger charge is 2.26. The number of anilines is 1. The molecular formula is C13H17N3O2. The number of rotatable bonds is 4. The van der Waals surface area contributed by atoms with Gasteiger partial charge in [-0.05, 0) is 32.0 Å². The van der Waals surface area contributed by atoms with Crippen LogP contribution >= 0.6 is 0 Å². The smallest absolute Gasteiger partial charge is 0.310 e. The van der Waals surface area contributed by atoms with E-state index >= 15 is 0 Å². The number of fused-ring (bicyclic) bond motifs is 1. The third-order valence-electron chi connectivity index (χ3n) is 3.04. The molecule has 0 atom stereocenters. The lowest BCUT2D eigenvalue weighted by atomic mass is 9.94. The molecule has 2 aromatic rings. The average Bonchev–Trinajstić information content (AvgIpc) is 2.68. The van der Waals surface area contributed by atoms with Gasteiger partial charge >= 0.3 is 5.97 Å². The minimum Gasteiger partial charge on any atom is -0.481 e. The molecule has 0 aliphatic rings. The van der Waals surface area contributed by atoms with Crippen molar-refractivity contribution in [1.82, 2.24) is 9.55 Å². The van der Waals surface area contributed by atoms with Gasteiger partial charge in [-0.15, -0.1) is 0 Å². The lowest BCUT2D eigenvalue weighted by molar-refractivity contribution is -0.146. The summed E-state index contributed by atoms with van der Waals surface area (Å²) in [6, 6.07) is 5.83. The number of carbonyl (C=O) groups is 1. The van der Waals surface area contributed by atoms with Crippen LogP contribution in [-0.2, 0) is 11.8 Å². The van der Waals surface area contributed by atoms with E-state index in [4.69, 9.17) is 5.11 Å². The van der Waals surface area contributed by atoms with Gasteiger partial charge < -0.3 is 15.0 Å². The first-order valence-corrected chi connectivity index (χ1v) is 5.78. The number of benzene rings is 1. The van der Waals surface area contributed by atoms with Gasteiger partial charge in [-0.25, -0.2) is 4.98 Å². The molecule has 5 nitrogen and oxygen atoms in total. The van der Waals surface area contributed by atoms with Crippen molar-refractivity contribution in [2.75, 3.05) is 11.9 Å². The van der Waals surface area contributed by atoms with Crippen LogP contribution in [0, 0.1) is 5.41 Å². The number of carboxylic acid groups (broad SMARTS) is 1. The molecule has 0 aliphatic carbocycles. The Bertz CT molecular complexity index is 587. The molecule has 96 valence electrons. The topological polar surface area (TPSA) is 67.2 Å². The Kier molecular flexibility index (Phi) is 2.98. The molecule has 0 bridgehead atoms. The fourth-order valence-electron chi connectivity index (χ4n) is 1.64. The largest absolute Gasteiger partial charge is 0.481 e. The second-order valence-electron chi connectivity index (χ2n) is 5.10. The quantitative estimate of drug-likeness (QED) is 0.868. The van der Waals surface area contributed by atoms with Gasteiger partial charge in [0.2, 0.25) is 0 Å². The number of hydrogen-bond donors (Lipinski definition) is 2. The average molecular weight is 247 g/mol. The first kappa shape index (κ1) is 12.4. The van der Waals surface area contributed by atoms with E-state index in [-0.39, 0.29) is 0 Å². The van der Waals surface area contributed by atoms with E-state index in [0.717, 1.165) is 16.7 Å². The van der Waals surface area contributed by atoms with Gasteiger partial charge in [-0.2, -0.15) is 0 Å². The monoisotopic (exact) mass is 247 g/mol. The number of carboxylic acids is 1. The van der Waals surface area contributed by atoms with Gasteiger partial charge in [0.05, 0.1) is 22.8 Å². The van der Waals surface area contributed by atoms with Crippen LogP contribution in [0.5, 0.6) is 0 Å². The van der Waals surface area contributed by atoms with Crippen molar-refractivity contribution in [3.8, 4) is 0 Å². The molecule has 1 heterocycles. The Labute approximate surface area is 105 Å². The van der Waals surface area contributed by atoms with Gasteiger partial charge in [-0.3, -0.25) is 4.79 Å². The summed E-state index contributed by atoms with van der Waals surface area (Å²) in [6.45, 7) is 3.77. The van der Waals surface area contributed by atoms with E-state index in [1.165, 1.54) is 0 Å². The van der Waals surface area contributed by atoms with E-state index in [2.05, 4.69) is 10.3 Å². The number of imidazole rings is 1. The zero-order valence-corrected chi connectivity index (χ0v) is 10.8. The maximum absolute atomic E-state index is 11.0. The maximum Gasteiger partial charge on any atom is 0.310 e. The second-order valence-corrected chi connectivity index (χ2v) is 5.10. The summed E-state index contributed by atoms with van der Waals surface area (Å²) in [5.74, 6) is -0.811. The van der Waals surface area contributed by atoms with E-state index in [9.17, 15) is 4.79 Å². The van der Waals surface area contributed by atoms with Crippen molar-refractivity contribution in [3.63, 3.8) is 0 Å². The number of aliphatic carboxylic acids is 1. The molecule has 0 fully saturated rings. The lowest BCUT2D eigenvalue weighted by Crippen LogP contribution is -2.31. The summed E-state index contributed by atoms with van der Waals surface area (Å²) in [5, 5.41) is 12.2. The van der Waals surface area contributed by atoms with Crippen molar-refractivity contribution in [2.24, 2.45) is 12.5 Å². The van der Waals surface area contributed by atoms with Gasteiger partial charge in [0.15, 0.2) is 0 Å².